The van der Waals surface area contributed by atoms with Crippen molar-refractivity contribution in [1.29, 1.82) is 0 Å². The fraction of sp³-hybridized carbons (Fsp3) is 0.500. The van der Waals surface area contributed by atoms with Crippen molar-refractivity contribution in [2.45, 2.75) is 26.8 Å². The van der Waals surface area contributed by atoms with Crippen LogP contribution in [0.1, 0.15) is 28.6 Å². The Bertz CT molecular complexity index is 911. The molecule has 0 aliphatic carbocycles. The first-order valence-corrected chi connectivity index (χ1v) is 11.1. The van der Waals surface area contributed by atoms with Crippen LogP contribution in [0.5, 0.6) is 0 Å². The lowest BCUT2D eigenvalue weighted by atomic mass is 10.1. The van der Waals surface area contributed by atoms with Crippen LogP contribution in [0, 0.1) is 13.8 Å². The number of furan rings is 1. The first kappa shape index (κ1) is 21.4. The summed E-state index contributed by atoms with van der Waals surface area (Å²) in [5.41, 5.74) is 3.95. The maximum atomic E-state index is 13.1. The molecule has 166 valence electrons. The normalized spacial score (nSPS) is 18.9. The zero-order valence-corrected chi connectivity index (χ0v) is 18.7. The quantitative estimate of drug-likeness (QED) is 0.754. The Morgan fingerprint density at radius 3 is 2.19 bits per heavy atom. The van der Waals surface area contributed by atoms with Gasteiger partial charge in [-0.15, -0.1) is 0 Å². The number of nitrogens with zero attached hydrogens (tertiary/aromatic N) is 4. The summed E-state index contributed by atoms with van der Waals surface area (Å²) in [4.78, 5) is 33.9. The zero-order valence-electron chi connectivity index (χ0n) is 18.7. The van der Waals surface area contributed by atoms with Crippen LogP contribution in [0.15, 0.2) is 41.0 Å². The number of hydrogen-bond acceptors (Lipinski definition) is 5. The van der Waals surface area contributed by atoms with Crippen LogP contribution in [0.2, 0.25) is 0 Å². The predicted molar refractivity (Wildman–Crippen MR) is 120 cm³/mol. The van der Waals surface area contributed by atoms with Gasteiger partial charge in [0.1, 0.15) is 0 Å². The highest BCUT2D eigenvalue weighted by Crippen LogP contribution is 2.24. The molecule has 2 fully saturated rings. The number of amides is 2. The van der Waals surface area contributed by atoms with Crippen LogP contribution < -0.4 is 4.90 Å². The summed E-state index contributed by atoms with van der Waals surface area (Å²) in [6.45, 7) is 12.1. The molecular formula is C24H32N4O3. The van der Waals surface area contributed by atoms with Crippen molar-refractivity contribution in [3.05, 3.63) is 53.5 Å². The molecular weight excluding hydrogens is 392 g/mol. The second kappa shape index (κ2) is 9.14. The number of aryl methyl sites for hydroxylation is 1. The second-order valence-electron chi connectivity index (χ2n) is 8.51. The van der Waals surface area contributed by atoms with Crippen molar-refractivity contribution in [3.63, 3.8) is 0 Å². The number of anilines is 1. The molecule has 0 saturated carbocycles. The van der Waals surface area contributed by atoms with Crippen molar-refractivity contribution in [1.82, 2.24) is 14.7 Å². The van der Waals surface area contributed by atoms with Crippen molar-refractivity contribution in [2.24, 2.45) is 0 Å². The molecule has 2 aliphatic heterocycles. The van der Waals surface area contributed by atoms with Gasteiger partial charge in [0.15, 0.2) is 5.76 Å². The number of benzene rings is 1. The van der Waals surface area contributed by atoms with Crippen LogP contribution in [0.25, 0.3) is 0 Å². The SMILES string of the molecule is Cc1cccc(N2CCN([C@@H](C)C(=O)N3CCN(C(=O)c4ccco4)CC3)CC2)c1C. The van der Waals surface area contributed by atoms with Gasteiger partial charge in [-0.3, -0.25) is 14.5 Å². The van der Waals surface area contributed by atoms with Gasteiger partial charge in [0.25, 0.3) is 5.91 Å². The fourth-order valence-corrected chi connectivity index (χ4v) is 4.53. The molecule has 2 amide bonds. The van der Waals surface area contributed by atoms with E-state index in [0.717, 1.165) is 26.2 Å². The number of rotatable bonds is 4. The van der Waals surface area contributed by atoms with Gasteiger partial charge in [0.2, 0.25) is 5.91 Å². The van der Waals surface area contributed by atoms with Crippen molar-refractivity contribution in [2.75, 3.05) is 57.3 Å². The average molecular weight is 425 g/mol. The lowest BCUT2D eigenvalue weighted by molar-refractivity contribution is -0.138. The van der Waals surface area contributed by atoms with Crippen LogP contribution in [0.3, 0.4) is 0 Å². The van der Waals surface area contributed by atoms with Gasteiger partial charge in [-0.2, -0.15) is 0 Å². The van der Waals surface area contributed by atoms with Crippen LogP contribution in [-0.2, 0) is 4.79 Å². The highest BCUT2D eigenvalue weighted by Gasteiger charge is 2.32. The van der Waals surface area contributed by atoms with E-state index in [-0.39, 0.29) is 17.9 Å². The monoisotopic (exact) mass is 424 g/mol. The molecule has 0 N–H and O–H groups in total. The lowest BCUT2D eigenvalue weighted by Crippen LogP contribution is -2.58. The number of hydrogen-bond donors (Lipinski definition) is 0. The lowest BCUT2D eigenvalue weighted by Gasteiger charge is -2.41. The molecule has 2 aromatic rings. The van der Waals surface area contributed by atoms with Crippen molar-refractivity contribution in [3.8, 4) is 0 Å². The Morgan fingerprint density at radius 1 is 0.871 bits per heavy atom. The molecule has 1 atom stereocenters. The van der Waals surface area contributed by atoms with Crippen LogP contribution >= 0.6 is 0 Å². The second-order valence-corrected chi connectivity index (χ2v) is 8.51. The summed E-state index contributed by atoms with van der Waals surface area (Å²) >= 11 is 0. The Morgan fingerprint density at radius 2 is 1.55 bits per heavy atom. The number of carbonyl (C=O) groups is 2. The third-order valence-corrected chi connectivity index (χ3v) is 6.75. The van der Waals surface area contributed by atoms with Gasteiger partial charge in [0, 0.05) is 58.0 Å². The highest BCUT2D eigenvalue weighted by molar-refractivity contribution is 5.91. The Balaban J connectivity index is 1.28. The molecule has 7 nitrogen and oxygen atoms in total. The van der Waals surface area contributed by atoms with Gasteiger partial charge in [-0.1, -0.05) is 12.1 Å². The molecule has 1 aromatic heterocycles. The minimum Gasteiger partial charge on any atom is -0.459 e. The van der Waals surface area contributed by atoms with Gasteiger partial charge in [-0.25, -0.2) is 0 Å². The van der Waals surface area contributed by atoms with Gasteiger partial charge in [-0.05, 0) is 50.1 Å². The molecule has 0 radical (unpaired) electrons. The molecule has 31 heavy (non-hydrogen) atoms. The summed E-state index contributed by atoms with van der Waals surface area (Å²) in [6.07, 6.45) is 1.51. The fourth-order valence-electron chi connectivity index (χ4n) is 4.53. The van der Waals surface area contributed by atoms with E-state index in [1.54, 1.807) is 17.0 Å². The predicted octanol–water partition coefficient (Wildman–Crippen LogP) is 2.39. The van der Waals surface area contributed by atoms with Gasteiger partial charge < -0.3 is 19.1 Å². The maximum absolute atomic E-state index is 13.1. The first-order valence-electron chi connectivity index (χ1n) is 11.1. The molecule has 4 rings (SSSR count). The minimum absolute atomic E-state index is 0.104. The molecule has 3 heterocycles. The Labute approximate surface area is 184 Å². The van der Waals surface area contributed by atoms with E-state index < -0.39 is 0 Å². The summed E-state index contributed by atoms with van der Waals surface area (Å²) < 4.78 is 5.21. The van der Waals surface area contributed by atoms with E-state index in [1.807, 2.05) is 11.8 Å². The molecule has 2 saturated heterocycles. The van der Waals surface area contributed by atoms with E-state index in [1.165, 1.54) is 23.1 Å². The van der Waals surface area contributed by atoms with E-state index in [9.17, 15) is 9.59 Å². The standard InChI is InChI=1S/C24H32N4O3/c1-18-6-4-7-21(19(18)2)26-11-9-25(10-12-26)20(3)23(29)27-13-15-28(16-14-27)24(30)22-8-5-17-31-22/h4-8,17,20H,9-16H2,1-3H3/t20-/m0/s1. The van der Waals surface area contributed by atoms with E-state index in [0.29, 0.717) is 31.9 Å². The molecule has 2 aliphatic rings. The zero-order chi connectivity index (χ0) is 22.0. The first-order chi connectivity index (χ1) is 15.0. The third kappa shape index (κ3) is 4.46. The molecule has 0 unspecified atom stereocenters. The van der Waals surface area contributed by atoms with E-state index >= 15 is 0 Å². The van der Waals surface area contributed by atoms with Crippen molar-refractivity contribution >= 4 is 17.5 Å². The summed E-state index contributed by atoms with van der Waals surface area (Å²) in [6, 6.07) is 9.71. The van der Waals surface area contributed by atoms with E-state index in [4.69, 9.17) is 4.42 Å². The number of piperazine rings is 2. The molecule has 7 heteroatoms. The topological polar surface area (TPSA) is 60.2 Å². The molecule has 1 aromatic carbocycles. The van der Waals surface area contributed by atoms with Crippen molar-refractivity contribution < 1.29 is 14.0 Å². The van der Waals surface area contributed by atoms with E-state index in [2.05, 4.69) is 41.8 Å². The number of carbonyl (C=O) groups excluding carboxylic acids is 2. The largest absolute Gasteiger partial charge is 0.459 e. The summed E-state index contributed by atoms with van der Waals surface area (Å²) in [5.74, 6) is 0.410. The van der Waals surface area contributed by atoms with Crippen LogP contribution in [0.4, 0.5) is 5.69 Å². The third-order valence-electron chi connectivity index (χ3n) is 6.75. The maximum Gasteiger partial charge on any atom is 0.289 e. The minimum atomic E-state index is -0.145. The van der Waals surface area contributed by atoms with Gasteiger partial charge in [0.05, 0.1) is 12.3 Å². The molecule has 0 bridgehead atoms. The van der Waals surface area contributed by atoms with Crippen LogP contribution in [-0.4, -0.2) is 84.9 Å². The summed E-state index contributed by atoms with van der Waals surface area (Å²) in [7, 11) is 0. The molecule has 0 spiro atoms. The highest BCUT2D eigenvalue weighted by atomic mass is 16.3. The van der Waals surface area contributed by atoms with Gasteiger partial charge >= 0.3 is 0 Å². The Hall–Kier alpha value is -2.80. The average Bonchev–Trinajstić information content (AvgIpc) is 3.35. The smallest absolute Gasteiger partial charge is 0.289 e. The summed E-state index contributed by atoms with van der Waals surface area (Å²) in [5, 5.41) is 0. The Kier molecular flexibility index (Phi) is 6.32.